The van der Waals surface area contributed by atoms with Gasteiger partial charge in [-0.05, 0) is 31.1 Å². The Labute approximate surface area is 70.5 Å². The van der Waals surface area contributed by atoms with E-state index in [2.05, 4.69) is 26.9 Å². The van der Waals surface area contributed by atoms with Gasteiger partial charge in [0.25, 0.3) is 0 Å². The second-order valence-corrected chi connectivity index (χ2v) is 4.49. The number of hydrogen-bond acceptors (Lipinski definition) is 0. The topological polar surface area (TPSA) is 0 Å². The molecule has 2 aliphatic carbocycles. The van der Waals surface area contributed by atoms with E-state index in [1.54, 1.807) is 0 Å². The zero-order chi connectivity index (χ0) is 7.90. The highest BCUT2D eigenvalue weighted by Crippen LogP contribution is 2.67. The summed E-state index contributed by atoms with van der Waals surface area (Å²) < 4.78 is 0. The van der Waals surface area contributed by atoms with E-state index in [0.717, 1.165) is 17.2 Å². The number of hydrogen-bond donors (Lipinski definition) is 0. The molecular formula is C10H17B. The van der Waals surface area contributed by atoms with Gasteiger partial charge in [0.1, 0.15) is 7.85 Å². The molecule has 11 heavy (non-hydrogen) atoms. The maximum absolute atomic E-state index is 2.47. The van der Waals surface area contributed by atoms with Crippen LogP contribution in [0.3, 0.4) is 0 Å². The minimum absolute atomic E-state index is 0.727. The summed E-state index contributed by atoms with van der Waals surface area (Å²) in [5.74, 6) is 2.05. The van der Waals surface area contributed by atoms with Crippen LogP contribution in [-0.4, -0.2) is 7.85 Å². The molecule has 0 N–H and O–H groups in total. The Morgan fingerprint density at radius 3 is 2.91 bits per heavy atom. The molecule has 0 nitrogen and oxygen atoms in total. The summed E-state index contributed by atoms with van der Waals surface area (Å²) in [7, 11) is 2.47. The number of rotatable bonds is 0. The highest BCUT2D eigenvalue weighted by atomic mass is 14.6. The third kappa shape index (κ3) is 1.05. The van der Waals surface area contributed by atoms with Crippen molar-refractivity contribution in [3.63, 3.8) is 0 Å². The molecule has 1 heteroatoms. The molecule has 2 rings (SSSR count). The smallest absolute Gasteiger partial charge is 0.0885 e. The van der Waals surface area contributed by atoms with E-state index >= 15 is 0 Å². The van der Waals surface area contributed by atoms with Gasteiger partial charge in [-0.3, -0.25) is 0 Å². The van der Waals surface area contributed by atoms with Crippen molar-refractivity contribution in [3.8, 4) is 0 Å². The van der Waals surface area contributed by atoms with E-state index in [-0.39, 0.29) is 0 Å². The van der Waals surface area contributed by atoms with Gasteiger partial charge in [-0.15, -0.1) is 0 Å². The molecular weight excluding hydrogens is 131 g/mol. The van der Waals surface area contributed by atoms with Crippen molar-refractivity contribution in [1.29, 1.82) is 0 Å². The Hall–Kier alpha value is -0.195. The van der Waals surface area contributed by atoms with Crippen molar-refractivity contribution < 1.29 is 0 Å². The van der Waals surface area contributed by atoms with Gasteiger partial charge in [0.2, 0.25) is 0 Å². The second kappa shape index (κ2) is 2.40. The lowest BCUT2D eigenvalue weighted by atomic mass is 9.75. The van der Waals surface area contributed by atoms with Crippen molar-refractivity contribution in [3.05, 3.63) is 12.2 Å². The second-order valence-electron chi connectivity index (χ2n) is 4.49. The van der Waals surface area contributed by atoms with Crippen LogP contribution in [0.5, 0.6) is 0 Å². The van der Waals surface area contributed by atoms with Crippen molar-refractivity contribution in [2.45, 2.75) is 37.9 Å². The highest BCUT2D eigenvalue weighted by molar-refractivity contribution is 6.18. The van der Waals surface area contributed by atoms with Gasteiger partial charge in [0.05, 0.1) is 0 Å². The Bertz CT molecular complexity index is 185. The molecule has 3 unspecified atom stereocenters. The van der Waals surface area contributed by atoms with Crippen LogP contribution in [0.25, 0.3) is 0 Å². The minimum atomic E-state index is 0.727. The summed E-state index contributed by atoms with van der Waals surface area (Å²) in [6.07, 6.45) is 10.2. The van der Waals surface area contributed by atoms with Crippen molar-refractivity contribution in [2.75, 3.05) is 0 Å². The van der Waals surface area contributed by atoms with E-state index in [4.69, 9.17) is 0 Å². The van der Waals surface area contributed by atoms with Gasteiger partial charge in [0.15, 0.2) is 0 Å². The lowest BCUT2D eigenvalue weighted by molar-refractivity contribution is 0.620. The summed E-state index contributed by atoms with van der Waals surface area (Å²) in [4.78, 5) is 0. The maximum Gasteiger partial charge on any atom is 0.110 e. The molecule has 0 bridgehead atoms. The SMILES string of the molecule is BC12CC/C=C\CCC1C2C. The normalized spacial score (nSPS) is 52.1. The minimum Gasteiger partial charge on any atom is -0.0885 e. The summed E-state index contributed by atoms with van der Waals surface area (Å²) in [6.45, 7) is 2.43. The van der Waals surface area contributed by atoms with Gasteiger partial charge in [-0.25, -0.2) is 0 Å². The lowest BCUT2D eigenvalue weighted by Gasteiger charge is -2.11. The monoisotopic (exact) mass is 148 g/mol. The highest BCUT2D eigenvalue weighted by Gasteiger charge is 2.55. The molecule has 0 aromatic carbocycles. The molecule has 60 valence electrons. The standard InChI is InChI=1S/C10H17B/c1-8-9-6-4-2-3-5-7-10(8,9)11/h2-3,8-9H,4-7,11H2,1H3/b3-2-. The summed E-state index contributed by atoms with van der Waals surface area (Å²) in [5, 5.41) is 0.727. The summed E-state index contributed by atoms with van der Waals surface area (Å²) >= 11 is 0. The molecule has 0 amide bonds. The zero-order valence-corrected chi connectivity index (χ0v) is 7.64. The maximum atomic E-state index is 2.47. The first kappa shape index (κ1) is 7.45. The van der Waals surface area contributed by atoms with Crippen LogP contribution in [0.15, 0.2) is 12.2 Å². The van der Waals surface area contributed by atoms with E-state index in [9.17, 15) is 0 Å². The Kier molecular flexibility index (Phi) is 1.62. The molecule has 0 saturated heterocycles. The third-order valence-electron chi connectivity index (χ3n) is 4.04. The molecule has 1 fully saturated rings. The van der Waals surface area contributed by atoms with Gasteiger partial charge >= 0.3 is 0 Å². The first-order chi connectivity index (χ1) is 5.25. The quantitative estimate of drug-likeness (QED) is 0.364. The van der Waals surface area contributed by atoms with Crippen LogP contribution in [0.1, 0.15) is 32.6 Å². The molecule has 0 aromatic rings. The fraction of sp³-hybridized carbons (Fsp3) is 0.800. The number of fused-ring (bicyclic) bond motifs is 1. The van der Waals surface area contributed by atoms with E-state index < -0.39 is 0 Å². The fourth-order valence-electron chi connectivity index (χ4n) is 2.81. The van der Waals surface area contributed by atoms with Crippen LogP contribution < -0.4 is 0 Å². The average molecular weight is 148 g/mol. The largest absolute Gasteiger partial charge is 0.110 e. The zero-order valence-electron chi connectivity index (χ0n) is 7.64. The van der Waals surface area contributed by atoms with Crippen LogP contribution in [0.4, 0.5) is 0 Å². The van der Waals surface area contributed by atoms with E-state index in [0.29, 0.717) is 0 Å². The van der Waals surface area contributed by atoms with Crippen LogP contribution in [0, 0.1) is 11.8 Å². The van der Waals surface area contributed by atoms with Gasteiger partial charge in [0, 0.05) is 0 Å². The van der Waals surface area contributed by atoms with Crippen LogP contribution in [-0.2, 0) is 0 Å². The predicted molar refractivity (Wildman–Crippen MR) is 51.5 cm³/mol. The van der Waals surface area contributed by atoms with Gasteiger partial charge < -0.3 is 0 Å². The first-order valence-electron chi connectivity index (χ1n) is 4.90. The number of allylic oxidation sites excluding steroid dienone is 2. The van der Waals surface area contributed by atoms with Crippen molar-refractivity contribution in [1.82, 2.24) is 0 Å². The third-order valence-corrected chi connectivity index (χ3v) is 4.04. The summed E-state index contributed by atoms with van der Waals surface area (Å²) in [6, 6.07) is 0. The summed E-state index contributed by atoms with van der Waals surface area (Å²) in [5.41, 5.74) is 0. The fourth-order valence-corrected chi connectivity index (χ4v) is 2.81. The van der Waals surface area contributed by atoms with Crippen molar-refractivity contribution >= 4 is 7.85 Å². The van der Waals surface area contributed by atoms with E-state index in [1.165, 1.54) is 25.7 Å². The Balaban J connectivity index is 2.06. The van der Waals surface area contributed by atoms with E-state index in [1.807, 2.05) is 0 Å². The Morgan fingerprint density at radius 1 is 1.36 bits per heavy atom. The predicted octanol–water partition coefficient (Wildman–Crippen LogP) is 2.17. The van der Waals surface area contributed by atoms with Crippen LogP contribution in [0.2, 0.25) is 5.31 Å². The van der Waals surface area contributed by atoms with Crippen molar-refractivity contribution in [2.24, 2.45) is 11.8 Å². The van der Waals surface area contributed by atoms with Gasteiger partial charge in [-0.2, -0.15) is 0 Å². The first-order valence-corrected chi connectivity index (χ1v) is 4.90. The molecule has 0 aliphatic heterocycles. The molecule has 0 spiro atoms. The Morgan fingerprint density at radius 2 is 2.09 bits per heavy atom. The molecule has 0 heterocycles. The molecule has 0 aromatic heterocycles. The molecule has 1 saturated carbocycles. The average Bonchev–Trinajstić information content (AvgIpc) is 2.40. The van der Waals surface area contributed by atoms with Gasteiger partial charge in [-0.1, -0.05) is 30.8 Å². The molecule has 2 aliphatic rings. The molecule has 0 radical (unpaired) electrons. The van der Waals surface area contributed by atoms with Crippen LogP contribution >= 0.6 is 0 Å². The molecule has 3 atom stereocenters. The lowest BCUT2D eigenvalue weighted by Crippen LogP contribution is -1.97.